The molecule has 0 saturated carbocycles. The van der Waals surface area contributed by atoms with E-state index in [1.807, 2.05) is 38.9 Å². The van der Waals surface area contributed by atoms with Gasteiger partial charge in [0.15, 0.2) is 0 Å². The topological polar surface area (TPSA) is 29.5 Å². The fraction of sp³-hybridized carbons (Fsp3) is 0.812. The number of ether oxygens (including phenoxy) is 1. The highest BCUT2D eigenvalue weighted by Crippen LogP contribution is 2.41. The predicted molar refractivity (Wildman–Crippen MR) is 81.2 cm³/mol. The largest absolute Gasteiger partial charge is 0.456 e. The van der Waals surface area contributed by atoms with Gasteiger partial charge in [0, 0.05) is 18.0 Å². The van der Waals surface area contributed by atoms with Crippen molar-refractivity contribution in [2.24, 2.45) is 5.41 Å². The molecule has 1 atom stereocenters. The molecule has 112 valence electrons. The summed E-state index contributed by atoms with van der Waals surface area (Å²) in [5, 5.41) is 0. The maximum Gasteiger partial charge on any atom is 0.331 e. The highest BCUT2D eigenvalue weighted by atomic mass is 16.6. The molecule has 3 nitrogen and oxygen atoms in total. The Morgan fingerprint density at radius 3 is 2.21 bits per heavy atom. The van der Waals surface area contributed by atoms with Crippen LogP contribution in [0.25, 0.3) is 0 Å². The highest BCUT2D eigenvalue weighted by molar-refractivity contribution is 5.82. The van der Waals surface area contributed by atoms with E-state index in [-0.39, 0.29) is 11.4 Å². The molecule has 0 amide bonds. The molecule has 0 rings (SSSR count). The Hall–Kier alpha value is -0.830. The van der Waals surface area contributed by atoms with Gasteiger partial charge in [-0.15, -0.1) is 0 Å². The molecule has 0 spiro atoms. The Morgan fingerprint density at radius 2 is 1.79 bits per heavy atom. The van der Waals surface area contributed by atoms with Crippen molar-refractivity contribution in [2.45, 2.75) is 59.5 Å². The van der Waals surface area contributed by atoms with Crippen LogP contribution in [0.2, 0.25) is 0 Å². The summed E-state index contributed by atoms with van der Waals surface area (Å²) >= 11 is 0. The Morgan fingerprint density at radius 1 is 1.21 bits per heavy atom. The van der Waals surface area contributed by atoms with Crippen LogP contribution in [0, 0.1) is 5.41 Å². The van der Waals surface area contributed by atoms with Crippen molar-refractivity contribution < 1.29 is 9.53 Å². The Kier molecular flexibility index (Phi) is 7.35. The zero-order valence-corrected chi connectivity index (χ0v) is 13.7. The number of rotatable bonds is 8. The van der Waals surface area contributed by atoms with E-state index in [9.17, 15) is 4.79 Å². The van der Waals surface area contributed by atoms with Crippen molar-refractivity contribution in [3.8, 4) is 0 Å². The molecule has 0 saturated heterocycles. The third kappa shape index (κ3) is 5.77. The lowest BCUT2D eigenvalue weighted by atomic mass is 9.70. The van der Waals surface area contributed by atoms with Crippen LogP contribution in [0.15, 0.2) is 12.2 Å². The molecule has 0 aliphatic carbocycles. The van der Waals surface area contributed by atoms with E-state index in [1.165, 1.54) is 6.08 Å². The molecule has 0 N–H and O–H groups in total. The summed E-state index contributed by atoms with van der Waals surface area (Å²) in [4.78, 5) is 13.9. The van der Waals surface area contributed by atoms with Crippen molar-refractivity contribution in [1.29, 1.82) is 0 Å². The molecule has 0 aromatic rings. The zero-order chi connectivity index (χ0) is 15.1. The molecule has 3 heteroatoms. The third-order valence-electron chi connectivity index (χ3n) is 4.12. The van der Waals surface area contributed by atoms with E-state index >= 15 is 0 Å². The first-order chi connectivity index (χ1) is 8.68. The lowest BCUT2D eigenvalue weighted by Crippen LogP contribution is -2.44. The van der Waals surface area contributed by atoms with Crippen LogP contribution in [0.5, 0.6) is 0 Å². The lowest BCUT2D eigenvalue weighted by Gasteiger charge is -2.43. The maximum absolute atomic E-state index is 11.9. The molecule has 0 aromatic heterocycles. The van der Waals surface area contributed by atoms with Gasteiger partial charge in [-0.3, -0.25) is 0 Å². The number of nitrogens with zero attached hydrogens (tertiary/aromatic N) is 1. The smallest absolute Gasteiger partial charge is 0.331 e. The van der Waals surface area contributed by atoms with Crippen molar-refractivity contribution in [3.05, 3.63) is 12.2 Å². The van der Waals surface area contributed by atoms with Crippen molar-refractivity contribution in [1.82, 2.24) is 4.90 Å². The van der Waals surface area contributed by atoms with Crippen LogP contribution >= 0.6 is 0 Å². The number of hydrogen-bond acceptors (Lipinski definition) is 3. The molecule has 1 unspecified atom stereocenters. The van der Waals surface area contributed by atoms with Crippen molar-refractivity contribution in [3.63, 3.8) is 0 Å². The van der Waals surface area contributed by atoms with Gasteiger partial charge in [0.05, 0.1) is 0 Å². The van der Waals surface area contributed by atoms with E-state index in [0.29, 0.717) is 0 Å². The van der Waals surface area contributed by atoms with Crippen LogP contribution < -0.4 is 0 Å². The fourth-order valence-corrected chi connectivity index (χ4v) is 2.22. The van der Waals surface area contributed by atoms with Gasteiger partial charge in [0.25, 0.3) is 0 Å². The number of carbonyl (C=O) groups is 1. The first-order valence-electron chi connectivity index (χ1n) is 7.22. The normalized spacial score (nSPS) is 15.8. The number of hydrogen-bond donors (Lipinski definition) is 0. The Bertz CT molecular complexity index is 308. The first kappa shape index (κ1) is 18.2. The molecule has 0 aromatic carbocycles. The zero-order valence-electron chi connectivity index (χ0n) is 13.7. The summed E-state index contributed by atoms with van der Waals surface area (Å²) in [5.74, 6) is -0.248. The second kappa shape index (κ2) is 7.68. The average molecular weight is 269 g/mol. The minimum absolute atomic E-state index is 0.0206. The Labute approximate surface area is 119 Å². The van der Waals surface area contributed by atoms with Crippen LogP contribution in [0.1, 0.15) is 53.9 Å². The van der Waals surface area contributed by atoms with Crippen LogP contribution in [0.3, 0.4) is 0 Å². The summed E-state index contributed by atoms with van der Waals surface area (Å²) < 4.78 is 5.68. The molecule has 0 heterocycles. The van der Waals surface area contributed by atoms with E-state index in [1.54, 1.807) is 0 Å². The van der Waals surface area contributed by atoms with Gasteiger partial charge in [0.1, 0.15) is 5.60 Å². The molecule has 0 radical (unpaired) electrons. The number of likely N-dealkylation sites (N-methyl/N-ethyl adjacent to an activating group) is 1. The monoisotopic (exact) mass is 269 g/mol. The highest BCUT2D eigenvalue weighted by Gasteiger charge is 2.41. The average Bonchev–Trinajstić information content (AvgIpc) is 2.27. The van der Waals surface area contributed by atoms with E-state index < -0.39 is 5.60 Å². The second-order valence-electron chi connectivity index (χ2n) is 6.26. The lowest BCUT2D eigenvalue weighted by molar-refractivity contribution is -0.164. The van der Waals surface area contributed by atoms with Gasteiger partial charge in [-0.2, -0.15) is 0 Å². The summed E-state index contributed by atoms with van der Waals surface area (Å²) in [5.41, 5.74) is -0.426. The Balaban J connectivity index is 4.66. The molecular weight excluding hydrogens is 238 g/mol. The van der Waals surface area contributed by atoms with Crippen LogP contribution in [-0.4, -0.2) is 37.1 Å². The van der Waals surface area contributed by atoms with Crippen LogP contribution in [-0.2, 0) is 9.53 Å². The molecular formula is C16H31NO2. The standard InChI is InChI=1S/C16H31NO2/c1-8-12-16(5,9-2)15(3,4)19-14(18)11-10-13-17(6)7/h10-11H,8-9,12-13H2,1-7H3/b11-10+. The first-order valence-corrected chi connectivity index (χ1v) is 7.22. The van der Waals surface area contributed by atoms with Gasteiger partial charge in [-0.05, 0) is 40.8 Å². The molecule has 0 aliphatic heterocycles. The predicted octanol–water partition coefficient (Wildman–Crippen LogP) is 3.64. The minimum Gasteiger partial charge on any atom is -0.456 e. The van der Waals surface area contributed by atoms with Gasteiger partial charge in [-0.25, -0.2) is 4.79 Å². The molecule has 0 bridgehead atoms. The molecule has 0 fully saturated rings. The fourth-order valence-electron chi connectivity index (χ4n) is 2.22. The molecule has 19 heavy (non-hydrogen) atoms. The summed E-state index contributed by atoms with van der Waals surface area (Å²) in [7, 11) is 3.93. The van der Waals surface area contributed by atoms with E-state index in [2.05, 4.69) is 20.8 Å². The summed E-state index contributed by atoms with van der Waals surface area (Å²) in [6, 6.07) is 0. The third-order valence-corrected chi connectivity index (χ3v) is 4.12. The van der Waals surface area contributed by atoms with E-state index in [0.717, 1.165) is 25.8 Å². The summed E-state index contributed by atoms with van der Waals surface area (Å²) in [6.07, 6.45) is 6.53. The van der Waals surface area contributed by atoms with Gasteiger partial charge >= 0.3 is 5.97 Å². The number of esters is 1. The quantitative estimate of drug-likeness (QED) is 0.497. The van der Waals surface area contributed by atoms with E-state index in [4.69, 9.17) is 4.74 Å². The SMILES string of the molecule is CCCC(C)(CC)C(C)(C)OC(=O)/C=C/CN(C)C. The van der Waals surface area contributed by atoms with Crippen LogP contribution in [0.4, 0.5) is 0 Å². The summed E-state index contributed by atoms with van der Waals surface area (Å²) in [6.45, 7) is 11.3. The van der Waals surface area contributed by atoms with Crippen molar-refractivity contribution >= 4 is 5.97 Å². The number of carbonyl (C=O) groups excluding carboxylic acids is 1. The second-order valence-corrected chi connectivity index (χ2v) is 6.26. The van der Waals surface area contributed by atoms with Gasteiger partial charge < -0.3 is 9.64 Å². The maximum atomic E-state index is 11.9. The molecule has 0 aliphatic rings. The van der Waals surface area contributed by atoms with Gasteiger partial charge in [-0.1, -0.05) is 33.3 Å². The van der Waals surface area contributed by atoms with Gasteiger partial charge in [0.2, 0.25) is 0 Å². The minimum atomic E-state index is -0.447. The van der Waals surface area contributed by atoms with Crippen molar-refractivity contribution in [2.75, 3.05) is 20.6 Å².